The second kappa shape index (κ2) is 7.25. The normalized spacial score (nSPS) is 17.1. The summed E-state index contributed by atoms with van der Waals surface area (Å²) in [6, 6.07) is 11.9. The Hall–Kier alpha value is -1.70. The molecule has 1 aliphatic rings. The molecule has 0 N–H and O–H groups in total. The van der Waals surface area contributed by atoms with Crippen molar-refractivity contribution in [2.75, 3.05) is 0 Å². The van der Waals surface area contributed by atoms with E-state index in [-0.39, 0.29) is 0 Å². The van der Waals surface area contributed by atoms with Gasteiger partial charge in [0.05, 0.1) is 0 Å². The van der Waals surface area contributed by atoms with Gasteiger partial charge >= 0.3 is 0 Å². The molecule has 0 aromatic heterocycles. The Morgan fingerprint density at radius 2 is 1.78 bits per heavy atom. The maximum Gasteiger partial charge on any atom is 0.162 e. The van der Waals surface area contributed by atoms with Crippen molar-refractivity contribution in [3.05, 3.63) is 70.3 Å². The van der Waals surface area contributed by atoms with E-state index in [1.807, 2.05) is 0 Å². The van der Waals surface area contributed by atoms with E-state index in [2.05, 4.69) is 31.2 Å². The van der Waals surface area contributed by atoms with Gasteiger partial charge in [-0.2, -0.15) is 0 Å². The zero-order valence-electron chi connectivity index (χ0n) is 13.7. The molecule has 0 saturated heterocycles. The molecule has 1 aliphatic carbocycles. The second-order valence-electron chi connectivity index (χ2n) is 6.64. The molecule has 2 aromatic rings. The Morgan fingerprint density at radius 1 is 1.00 bits per heavy atom. The summed E-state index contributed by atoms with van der Waals surface area (Å²) in [6.45, 7) is 2.22. The third kappa shape index (κ3) is 3.63. The number of benzene rings is 2. The van der Waals surface area contributed by atoms with Crippen LogP contribution in [-0.2, 0) is 19.3 Å². The lowest BCUT2D eigenvalue weighted by Gasteiger charge is -2.25. The Bertz CT molecular complexity index is 658. The number of unbranched alkanes of at least 4 members (excludes halogenated alkanes) is 2. The largest absolute Gasteiger partial charge is 0.204 e. The predicted molar refractivity (Wildman–Crippen MR) is 90.8 cm³/mol. The smallest absolute Gasteiger partial charge is 0.162 e. The highest BCUT2D eigenvalue weighted by Gasteiger charge is 2.23. The lowest BCUT2D eigenvalue weighted by atomic mass is 9.80. The molecule has 0 spiro atoms. The molecule has 3 rings (SSSR count). The Kier molecular flexibility index (Phi) is 5.09. The maximum absolute atomic E-state index is 13.8. The first-order chi connectivity index (χ1) is 11.2. The van der Waals surface area contributed by atoms with Gasteiger partial charge in [0.15, 0.2) is 11.6 Å². The molecule has 23 heavy (non-hydrogen) atoms. The van der Waals surface area contributed by atoms with Gasteiger partial charge in [-0.25, -0.2) is 8.78 Å². The average Bonchev–Trinajstić information content (AvgIpc) is 2.59. The van der Waals surface area contributed by atoms with Crippen LogP contribution in [0, 0.1) is 11.6 Å². The van der Waals surface area contributed by atoms with Gasteiger partial charge in [-0.15, -0.1) is 0 Å². The molecule has 0 radical (unpaired) electrons. The van der Waals surface area contributed by atoms with Gasteiger partial charge in [0.2, 0.25) is 0 Å². The molecule has 1 unspecified atom stereocenters. The van der Waals surface area contributed by atoms with Gasteiger partial charge in [-0.1, -0.05) is 50.1 Å². The van der Waals surface area contributed by atoms with Crippen molar-refractivity contribution in [3.63, 3.8) is 0 Å². The van der Waals surface area contributed by atoms with E-state index < -0.39 is 11.6 Å². The molecule has 122 valence electrons. The monoisotopic (exact) mass is 314 g/mol. The van der Waals surface area contributed by atoms with E-state index in [4.69, 9.17) is 0 Å². The van der Waals surface area contributed by atoms with Crippen molar-refractivity contribution in [1.29, 1.82) is 0 Å². The van der Waals surface area contributed by atoms with Crippen LogP contribution in [0.15, 0.2) is 36.4 Å². The predicted octanol–water partition coefficient (Wildman–Crippen LogP) is 5.97. The van der Waals surface area contributed by atoms with Crippen LogP contribution >= 0.6 is 0 Å². The summed E-state index contributed by atoms with van der Waals surface area (Å²) in [7, 11) is 0. The fraction of sp³-hybridized carbons (Fsp3) is 0.429. The van der Waals surface area contributed by atoms with E-state index in [0.717, 1.165) is 24.8 Å². The minimum Gasteiger partial charge on any atom is -0.204 e. The lowest BCUT2D eigenvalue weighted by Crippen LogP contribution is -2.15. The second-order valence-corrected chi connectivity index (χ2v) is 6.64. The van der Waals surface area contributed by atoms with Crippen molar-refractivity contribution >= 4 is 0 Å². The number of fused-ring (bicyclic) bond motifs is 1. The minimum atomic E-state index is -0.723. The van der Waals surface area contributed by atoms with Crippen LogP contribution in [0.1, 0.15) is 60.8 Å². The summed E-state index contributed by atoms with van der Waals surface area (Å²) < 4.78 is 27.2. The lowest BCUT2D eigenvalue weighted by molar-refractivity contribution is 0.478. The topological polar surface area (TPSA) is 0 Å². The molecular formula is C21H24F2. The van der Waals surface area contributed by atoms with Crippen LogP contribution in [0.25, 0.3) is 0 Å². The molecule has 2 aromatic carbocycles. The number of hydrogen-bond donors (Lipinski definition) is 0. The van der Waals surface area contributed by atoms with Crippen LogP contribution in [0.4, 0.5) is 8.78 Å². The van der Waals surface area contributed by atoms with Crippen LogP contribution < -0.4 is 0 Å². The van der Waals surface area contributed by atoms with E-state index >= 15 is 0 Å². The summed E-state index contributed by atoms with van der Waals surface area (Å²) in [4.78, 5) is 0. The van der Waals surface area contributed by atoms with E-state index in [1.54, 1.807) is 6.07 Å². The number of halogens is 2. The first-order valence-electron chi connectivity index (χ1n) is 8.73. The molecule has 0 heterocycles. The molecule has 0 fully saturated rings. The average molecular weight is 314 g/mol. The van der Waals surface area contributed by atoms with Crippen molar-refractivity contribution in [3.8, 4) is 0 Å². The van der Waals surface area contributed by atoms with Gasteiger partial charge in [-0.05, 0) is 66.3 Å². The highest BCUT2D eigenvalue weighted by molar-refractivity contribution is 5.36. The van der Waals surface area contributed by atoms with Crippen molar-refractivity contribution in [2.24, 2.45) is 0 Å². The molecule has 0 nitrogen and oxygen atoms in total. The van der Waals surface area contributed by atoms with E-state index in [0.29, 0.717) is 17.9 Å². The maximum atomic E-state index is 13.8. The van der Waals surface area contributed by atoms with Crippen molar-refractivity contribution < 1.29 is 8.78 Å². The highest BCUT2D eigenvalue weighted by atomic mass is 19.2. The van der Waals surface area contributed by atoms with Gasteiger partial charge in [0, 0.05) is 0 Å². The Balaban J connectivity index is 1.70. The molecule has 1 atom stereocenters. The molecule has 0 saturated carbocycles. The molecule has 0 amide bonds. The van der Waals surface area contributed by atoms with Gasteiger partial charge in [-0.3, -0.25) is 0 Å². The summed E-state index contributed by atoms with van der Waals surface area (Å²) in [5, 5.41) is 0. The van der Waals surface area contributed by atoms with Gasteiger partial charge < -0.3 is 0 Å². The Labute approximate surface area is 137 Å². The third-order valence-electron chi connectivity index (χ3n) is 5.02. The van der Waals surface area contributed by atoms with Crippen LogP contribution in [0.5, 0.6) is 0 Å². The highest BCUT2D eigenvalue weighted by Crippen LogP contribution is 2.34. The number of aryl methyl sites for hydroxylation is 1. The fourth-order valence-corrected chi connectivity index (χ4v) is 3.60. The molecular weight excluding hydrogens is 290 g/mol. The quantitative estimate of drug-likeness (QED) is 0.596. The Morgan fingerprint density at radius 3 is 2.52 bits per heavy atom. The number of rotatable bonds is 5. The van der Waals surface area contributed by atoms with E-state index in [9.17, 15) is 8.78 Å². The van der Waals surface area contributed by atoms with Crippen molar-refractivity contribution in [1.82, 2.24) is 0 Å². The van der Waals surface area contributed by atoms with Crippen LogP contribution in [0.3, 0.4) is 0 Å². The van der Waals surface area contributed by atoms with Crippen LogP contribution in [-0.4, -0.2) is 0 Å². The first kappa shape index (κ1) is 16.2. The SMILES string of the molecule is CCCCCc1ccc(C2CCc3c(ccc(F)c3F)C2)cc1. The third-order valence-corrected chi connectivity index (χ3v) is 5.02. The number of hydrogen-bond acceptors (Lipinski definition) is 0. The van der Waals surface area contributed by atoms with E-state index in [1.165, 1.54) is 36.5 Å². The zero-order chi connectivity index (χ0) is 16.2. The summed E-state index contributed by atoms with van der Waals surface area (Å²) in [6.07, 6.45) is 7.25. The first-order valence-corrected chi connectivity index (χ1v) is 8.73. The standard InChI is InChI=1S/C21H24F2/c1-2-3-4-5-15-6-8-16(9-7-15)17-10-12-19-18(14-17)11-13-20(22)21(19)23/h6-9,11,13,17H,2-5,10,12,14H2,1H3. The van der Waals surface area contributed by atoms with Gasteiger partial charge in [0.1, 0.15) is 0 Å². The fourth-order valence-electron chi connectivity index (χ4n) is 3.60. The van der Waals surface area contributed by atoms with Crippen LogP contribution in [0.2, 0.25) is 0 Å². The van der Waals surface area contributed by atoms with Gasteiger partial charge in [0.25, 0.3) is 0 Å². The minimum absolute atomic E-state index is 0.414. The molecule has 2 heteroatoms. The summed E-state index contributed by atoms with van der Waals surface area (Å²) in [5.74, 6) is -0.956. The summed E-state index contributed by atoms with van der Waals surface area (Å²) in [5.41, 5.74) is 4.26. The van der Waals surface area contributed by atoms with Crippen molar-refractivity contribution in [2.45, 2.75) is 57.8 Å². The molecule has 0 bridgehead atoms. The molecule has 0 aliphatic heterocycles. The summed E-state index contributed by atoms with van der Waals surface area (Å²) >= 11 is 0. The zero-order valence-corrected chi connectivity index (χ0v) is 13.7.